The minimum absolute atomic E-state index is 0. The van der Waals surface area contributed by atoms with Crippen LogP contribution >= 0.6 is 35.3 Å². The zero-order valence-electron chi connectivity index (χ0n) is 14.2. The molecule has 1 N–H and O–H groups in total. The normalized spacial score (nSPS) is 11.3. The van der Waals surface area contributed by atoms with E-state index in [1.165, 1.54) is 4.88 Å². The molecule has 0 unspecified atom stereocenters. The van der Waals surface area contributed by atoms with Crippen LogP contribution < -0.4 is 5.32 Å². The lowest BCUT2D eigenvalue weighted by Gasteiger charge is -2.21. The Bertz CT molecular complexity index is 649. The highest BCUT2D eigenvalue weighted by Gasteiger charge is 2.10. The fraction of sp³-hybridized carbons (Fsp3) is 0.571. The van der Waals surface area contributed by atoms with E-state index in [0.717, 1.165) is 35.6 Å². The Labute approximate surface area is 158 Å². The standard InChI is InChI=1S/C14H23N7S.HI/c1-10-8-16-13(22-10)6-7-20(4)14(15-3)17-9-12-19-18-11(2)21(12)5;/h8H,6-7,9H2,1-5H3,(H,15,17);1H. The SMILES string of the molecule is CN=C(NCc1nnc(C)n1C)N(C)CCc1ncc(C)s1.I. The summed E-state index contributed by atoms with van der Waals surface area (Å²) in [4.78, 5) is 12.0. The van der Waals surface area contributed by atoms with E-state index in [4.69, 9.17) is 0 Å². The van der Waals surface area contributed by atoms with E-state index in [-0.39, 0.29) is 24.0 Å². The van der Waals surface area contributed by atoms with E-state index in [1.54, 1.807) is 18.4 Å². The second kappa shape index (κ2) is 9.16. The van der Waals surface area contributed by atoms with Gasteiger partial charge in [0.2, 0.25) is 0 Å². The van der Waals surface area contributed by atoms with Crippen LogP contribution in [0.25, 0.3) is 0 Å². The number of nitrogens with zero attached hydrogens (tertiary/aromatic N) is 6. The molecule has 23 heavy (non-hydrogen) atoms. The third-order valence-electron chi connectivity index (χ3n) is 3.49. The molecule has 2 aromatic rings. The summed E-state index contributed by atoms with van der Waals surface area (Å²) >= 11 is 1.74. The van der Waals surface area contributed by atoms with E-state index in [1.807, 2.05) is 31.8 Å². The van der Waals surface area contributed by atoms with Crippen molar-refractivity contribution in [2.24, 2.45) is 12.0 Å². The zero-order chi connectivity index (χ0) is 16.1. The molecule has 0 amide bonds. The first-order valence-electron chi connectivity index (χ1n) is 7.19. The monoisotopic (exact) mass is 449 g/mol. The van der Waals surface area contributed by atoms with Crippen molar-refractivity contribution in [2.75, 3.05) is 20.6 Å². The molecule has 2 rings (SSSR count). The van der Waals surface area contributed by atoms with E-state index in [2.05, 4.69) is 37.3 Å². The smallest absolute Gasteiger partial charge is 0.193 e. The molecular weight excluding hydrogens is 425 g/mol. The third kappa shape index (κ3) is 5.41. The molecule has 7 nitrogen and oxygen atoms in total. The Kier molecular flexibility index (Phi) is 7.89. The molecule has 9 heteroatoms. The topological polar surface area (TPSA) is 71.2 Å². The Hall–Kier alpha value is -1.23. The van der Waals surface area contributed by atoms with Crippen LogP contribution in [0, 0.1) is 13.8 Å². The number of nitrogens with one attached hydrogen (secondary N) is 1. The number of likely N-dealkylation sites (N-methyl/N-ethyl adjacent to an activating group) is 1. The maximum Gasteiger partial charge on any atom is 0.193 e. The van der Waals surface area contributed by atoms with Crippen molar-refractivity contribution in [3.8, 4) is 0 Å². The van der Waals surface area contributed by atoms with Crippen LogP contribution in [0.4, 0.5) is 0 Å². The predicted octanol–water partition coefficient (Wildman–Crippen LogP) is 1.76. The summed E-state index contributed by atoms with van der Waals surface area (Å²) < 4.78 is 1.97. The van der Waals surface area contributed by atoms with Gasteiger partial charge in [0.15, 0.2) is 11.8 Å². The summed E-state index contributed by atoms with van der Waals surface area (Å²) in [5.74, 6) is 2.64. The Morgan fingerprint density at radius 3 is 2.65 bits per heavy atom. The summed E-state index contributed by atoms with van der Waals surface area (Å²) in [5.41, 5.74) is 0. The molecule has 0 aromatic carbocycles. The second-order valence-electron chi connectivity index (χ2n) is 5.16. The molecule has 2 aromatic heterocycles. The quantitative estimate of drug-likeness (QED) is 0.428. The van der Waals surface area contributed by atoms with Gasteiger partial charge in [-0.3, -0.25) is 4.99 Å². The number of aliphatic imine (C=N–C) groups is 1. The molecule has 0 aliphatic carbocycles. The van der Waals surface area contributed by atoms with Crippen LogP contribution in [0.2, 0.25) is 0 Å². The van der Waals surface area contributed by atoms with Gasteiger partial charge in [0.25, 0.3) is 0 Å². The molecule has 0 bridgehead atoms. The summed E-state index contributed by atoms with van der Waals surface area (Å²) in [6.45, 7) is 5.48. The lowest BCUT2D eigenvalue weighted by molar-refractivity contribution is 0.482. The van der Waals surface area contributed by atoms with Gasteiger partial charge in [0.05, 0.1) is 11.6 Å². The van der Waals surface area contributed by atoms with Crippen LogP contribution in [-0.2, 0) is 20.0 Å². The summed E-state index contributed by atoms with van der Waals surface area (Å²) in [6.07, 6.45) is 2.84. The van der Waals surface area contributed by atoms with Crippen molar-refractivity contribution >= 4 is 41.3 Å². The third-order valence-corrected chi connectivity index (χ3v) is 4.46. The minimum atomic E-state index is 0. The highest BCUT2D eigenvalue weighted by molar-refractivity contribution is 14.0. The van der Waals surface area contributed by atoms with Crippen molar-refractivity contribution in [3.63, 3.8) is 0 Å². The largest absolute Gasteiger partial charge is 0.349 e. The molecule has 0 fully saturated rings. The highest BCUT2D eigenvalue weighted by Crippen LogP contribution is 2.11. The summed E-state index contributed by atoms with van der Waals surface area (Å²) in [6, 6.07) is 0. The predicted molar refractivity (Wildman–Crippen MR) is 105 cm³/mol. The van der Waals surface area contributed by atoms with Crippen molar-refractivity contribution in [2.45, 2.75) is 26.8 Å². The Morgan fingerprint density at radius 2 is 2.13 bits per heavy atom. The number of hydrogen-bond donors (Lipinski definition) is 1. The van der Waals surface area contributed by atoms with E-state index in [9.17, 15) is 0 Å². The number of guanidine groups is 1. The number of rotatable bonds is 5. The first-order chi connectivity index (χ1) is 10.5. The summed E-state index contributed by atoms with van der Waals surface area (Å²) in [7, 11) is 5.77. The van der Waals surface area contributed by atoms with Gasteiger partial charge in [-0.25, -0.2) is 4.98 Å². The number of aryl methyl sites for hydroxylation is 2. The zero-order valence-corrected chi connectivity index (χ0v) is 17.3. The first kappa shape index (κ1) is 19.8. The average Bonchev–Trinajstić information content (AvgIpc) is 3.05. The van der Waals surface area contributed by atoms with Gasteiger partial charge in [-0.2, -0.15) is 0 Å². The van der Waals surface area contributed by atoms with Gasteiger partial charge in [-0.15, -0.1) is 45.5 Å². The van der Waals surface area contributed by atoms with Crippen molar-refractivity contribution in [1.29, 1.82) is 0 Å². The maximum atomic E-state index is 4.39. The van der Waals surface area contributed by atoms with Gasteiger partial charge < -0.3 is 14.8 Å². The molecule has 0 atom stereocenters. The van der Waals surface area contributed by atoms with Crippen molar-refractivity contribution in [3.05, 3.63) is 27.7 Å². The van der Waals surface area contributed by atoms with Gasteiger partial charge in [0, 0.05) is 45.2 Å². The molecular formula is C14H24IN7S. The molecule has 2 heterocycles. The maximum absolute atomic E-state index is 4.39. The van der Waals surface area contributed by atoms with Crippen LogP contribution in [0.5, 0.6) is 0 Å². The van der Waals surface area contributed by atoms with E-state index in [0.29, 0.717) is 6.54 Å². The summed E-state index contributed by atoms with van der Waals surface area (Å²) in [5, 5.41) is 12.7. The average molecular weight is 449 g/mol. The highest BCUT2D eigenvalue weighted by atomic mass is 127. The molecule has 128 valence electrons. The van der Waals surface area contributed by atoms with Crippen LogP contribution in [0.1, 0.15) is 21.5 Å². The second-order valence-corrected chi connectivity index (χ2v) is 6.48. The first-order valence-corrected chi connectivity index (χ1v) is 8.01. The van der Waals surface area contributed by atoms with Crippen LogP contribution in [-0.4, -0.2) is 51.2 Å². The molecule has 0 aliphatic heterocycles. The number of hydrogen-bond acceptors (Lipinski definition) is 5. The Balaban J connectivity index is 0.00000264. The molecule has 0 spiro atoms. The number of aromatic nitrogens is 4. The number of halogens is 1. The lowest BCUT2D eigenvalue weighted by atomic mass is 10.4. The molecule has 0 saturated heterocycles. The fourth-order valence-electron chi connectivity index (χ4n) is 2.03. The molecule has 0 radical (unpaired) electrons. The molecule has 0 aliphatic rings. The van der Waals surface area contributed by atoms with Crippen LogP contribution in [0.3, 0.4) is 0 Å². The van der Waals surface area contributed by atoms with E-state index < -0.39 is 0 Å². The lowest BCUT2D eigenvalue weighted by Crippen LogP contribution is -2.39. The van der Waals surface area contributed by atoms with Crippen molar-refractivity contribution < 1.29 is 0 Å². The molecule has 0 saturated carbocycles. The van der Waals surface area contributed by atoms with Gasteiger partial charge in [-0.05, 0) is 13.8 Å². The van der Waals surface area contributed by atoms with Crippen LogP contribution in [0.15, 0.2) is 11.2 Å². The number of thiazole rings is 1. The van der Waals surface area contributed by atoms with Crippen molar-refractivity contribution in [1.82, 2.24) is 30.0 Å². The fourth-order valence-corrected chi connectivity index (χ4v) is 2.81. The van der Waals surface area contributed by atoms with Gasteiger partial charge in [-0.1, -0.05) is 0 Å². The van der Waals surface area contributed by atoms with Gasteiger partial charge in [0.1, 0.15) is 5.82 Å². The van der Waals surface area contributed by atoms with E-state index >= 15 is 0 Å². The Morgan fingerprint density at radius 1 is 1.39 bits per heavy atom. The minimum Gasteiger partial charge on any atom is -0.349 e. The van der Waals surface area contributed by atoms with Gasteiger partial charge >= 0.3 is 0 Å².